The largest absolute Gasteiger partial charge is 0.462 e. The Bertz CT molecular complexity index is 656. The lowest BCUT2D eigenvalue weighted by molar-refractivity contribution is -0.161. The summed E-state index contributed by atoms with van der Waals surface area (Å²) in [7, 11) is 0. The Balaban J connectivity index is 2.13. The molecule has 3 heteroatoms. The number of rotatable bonds is 2. The Morgan fingerprint density at radius 1 is 1.20 bits per heavy atom. The summed E-state index contributed by atoms with van der Waals surface area (Å²) in [4.78, 5) is 25.0. The van der Waals surface area contributed by atoms with Gasteiger partial charge in [-0.3, -0.25) is 9.59 Å². The van der Waals surface area contributed by atoms with Gasteiger partial charge in [0.05, 0.1) is 0 Å². The molecular weight excluding hydrogens is 312 g/mol. The van der Waals surface area contributed by atoms with Gasteiger partial charge in [0, 0.05) is 36.7 Å². The van der Waals surface area contributed by atoms with Crippen LogP contribution in [0.5, 0.6) is 0 Å². The van der Waals surface area contributed by atoms with E-state index < -0.39 is 0 Å². The van der Waals surface area contributed by atoms with E-state index in [0.29, 0.717) is 12.8 Å². The van der Waals surface area contributed by atoms with Gasteiger partial charge in [0.1, 0.15) is 6.10 Å². The third-order valence-corrected chi connectivity index (χ3v) is 7.06. The Morgan fingerprint density at radius 2 is 1.88 bits per heavy atom. The molecule has 1 saturated carbocycles. The van der Waals surface area contributed by atoms with Crippen molar-refractivity contribution in [2.24, 2.45) is 22.2 Å². The first kappa shape index (κ1) is 18.4. The summed E-state index contributed by atoms with van der Waals surface area (Å²) >= 11 is 0. The Kier molecular flexibility index (Phi) is 4.29. The number of carbonyl (C=O) groups is 2. The highest BCUT2D eigenvalue weighted by Crippen LogP contribution is 2.62. The number of Topliss-reactive ketones (excluding diaryl/α,β-unsaturated/α-hetero) is 1. The number of carbonyl (C=O) groups excluding carboxylic acids is 2. The molecule has 25 heavy (non-hydrogen) atoms. The van der Waals surface area contributed by atoms with Crippen molar-refractivity contribution in [2.45, 2.75) is 79.2 Å². The fourth-order valence-corrected chi connectivity index (χ4v) is 6.29. The Morgan fingerprint density at radius 3 is 2.48 bits per heavy atom. The second-order valence-corrected chi connectivity index (χ2v) is 9.70. The van der Waals surface area contributed by atoms with E-state index in [1.807, 2.05) is 6.08 Å². The fraction of sp³-hybridized carbons (Fsp3) is 0.727. The first-order valence-corrected chi connectivity index (χ1v) is 9.59. The average molecular weight is 344 g/mol. The monoisotopic (exact) mass is 344 g/mol. The van der Waals surface area contributed by atoms with Crippen LogP contribution in [0, 0.1) is 22.2 Å². The molecule has 0 saturated heterocycles. The van der Waals surface area contributed by atoms with Gasteiger partial charge in [-0.15, -0.1) is 6.58 Å². The van der Waals surface area contributed by atoms with E-state index in [1.165, 1.54) is 12.5 Å². The predicted octanol–water partition coefficient (Wildman–Crippen LogP) is 5.01. The van der Waals surface area contributed by atoms with E-state index in [2.05, 4.69) is 34.3 Å². The van der Waals surface area contributed by atoms with E-state index >= 15 is 0 Å². The van der Waals surface area contributed by atoms with E-state index in [-0.39, 0.29) is 40.0 Å². The molecule has 0 radical (unpaired) electrons. The van der Waals surface area contributed by atoms with Gasteiger partial charge < -0.3 is 4.74 Å². The van der Waals surface area contributed by atoms with Crippen LogP contribution in [-0.4, -0.2) is 17.9 Å². The zero-order valence-electron chi connectivity index (χ0n) is 16.4. The van der Waals surface area contributed by atoms with Crippen LogP contribution in [0.1, 0.15) is 73.1 Å². The lowest BCUT2D eigenvalue weighted by Gasteiger charge is -2.58. The van der Waals surface area contributed by atoms with Gasteiger partial charge >= 0.3 is 5.97 Å². The van der Waals surface area contributed by atoms with Crippen molar-refractivity contribution in [1.82, 2.24) is 0 Å². The number of hydrogen-bond donors (Lipinski definition) is 0. The van der Waals surface area contributed by atoms with E-state index in [9.17, 15) is 9.59 Å². The number of ketones is 1. The summed E-state index contributed by atoms with van der Waals surface area (Å²) in [6.07, 6.45) is 7.16. The molecule has 0 aromatic rings. The molecule has 0 bridgehead atoms. The van der Waals surface area contributed by atoms with Crippen molar-refractivity contribution in [3.63, 3.8) is 0 Å². The lowest BCUT2D eigenvalue weighted by Crippen LogP contribution is -2.55. The van der Waals surface area contributed by atoms with E-state index in [1.54, 1.807) is 0 Å². The van der Waals surface area contributed by atoms with Crippen molar-refractivity contribution in [3.8, 4) is 0 Å². The number of esters is 1. The minimum Gasteiger partial charge on any atom is -0.462 e. The summed E-state index contributed by atoms with van der Waals surface area (Å²) in [6, 6.07) is 0. The fourth-order valence-electron chi connectivity index (χ4n) is 6.29. The highest BCUT2D eigenvalue weighted by Gasteiger charge is 2.58. The molecule has 3 aliphatic rings. The van der Waals surface area contributed by atoms with Crippen LogP contribution in [0.3, 0.4) is 0 Å². The molecule has 0 spiro atoms. The molecule has 0 aliphatic heterocycles. The standard InChI is InChI=1S/C22H32O3/c1-7-21(5)12-15-11-17(25-14(2)23)19-20(3,4)9-8-10-22(19,6)18(15)16(24)13-21/h7,17,19H,1,8-13H2,2-6H3/t17-,19+,21-,22-/m1/s1. The van der Waals surface area contributed by atoms with E-state index in [4.69, 9.17) is 4.74 Å². The van der Waals surface area contributed by atoms with Gasteiger partial charge in [0.2, 0.25) is 0 Å². The van der Waals surface area contributed by atoms with Crippen molar-refractivity contribution in [1.29, 1.82) is 0 Å². The normalized spacial score (nSPS) is 40.1. The van der Waals surface area contributed by atoms with Crippen LogP contribution >= 0.6 is 0 Å². The molecule has 3 aliphatic carbocycles. The second kappa shape index (κ2) is 5.82. The van der Waals surface area contributed by atoms with Gasteiger partial charge in [0.25, 0.3) is 0 Å². The SMILES string of the molecule is C=C[C@@]1(C)CC(=O)C2=C(C[C@@H](OC(C)=O)[C@H]3C(C)(C)CCC[C@]23C)C1. The highest BCUT2D eigenvalue weighted by molar-refractivity contribution is 5.99. The smallest absolute Gasteiger partial charge is 0.302 e. The first-order valence-electron chi connectivity index (χ1n) is 9.59. The molecule has 138 valence electrons. The maximum Gasteiger partial charge on any atom is 0.302 e. The maximum atomic E-state index is 13.2. The van der Waals surface area contributed by atoms with Crippen LogP contribution in [0.15, 0.2) is 23.8 Å². The van der Waals surface area contributed by atoms with Crippen molar-refractivity contribution < 1.29 is 14.3 Å². The van der Waals surface area contributed by atoms with Gasteiger partial charge in [-0.1, -0.05) is 45.8 Å². The highest BCUT2D eigenvalue weighted by atomic mass is 16.5. The van der Waals surface area contributed by atoms with Gasteiger partial charge in [-0.2, -0.15) is 0 Å². The van der Waals surface area contributed by atoms with Crippen LogP contribution in [-0.2, 0) is 14.3 Å². The Hall–Kier alpha value is -1.38. The van der Waals surface area contributed by atoms with Gasteiger partial charge in [-0.05, 0) is 30.1 Å². The topological polar surface area (TPSA) is 43.4 Å². The van der Waals surface area contributed by atoms with Crippen molar-refractivity contribution in [2.75, 3.05) is 0 Å². The predicted molar refractivity (Wildman–Crippen MR) is 99.0 cm³/mol. The number of ether oxygens (including phenoxy) is 1. The summed E-state index contributed by atoms with van der Waals surface area (Å²) in [5.41, 5.74) is 1.97. The molecule has 0 N–H and O–H groups in total. The molecule has 3 nitrogen and oxygen atoms in total. The van der Waals surface area contributed by atoms with Crippen LogP contribution in [0.4, 0.5) is 0 Å². The summed E-state index contributed by atoms with van der Waals surface area (Å²) in [5.74, 6) is 0.273. The molecule has 0 aromatic heterocycles. The minimum absolute atomic E-state index is 0.0606. The molecule has 0 amide bonds. The number of allylic oxidation sites excluding steroid dienone is 2. The first-order chi connectivity index (χ1) is 11.5. The molecule has 1 fully saturated rings. The lowest BCUT2D eigenvalue weighted by atomic mass is 9.47. The van der Waals surface area contributed by atoms with Crippen LogP contribution in [0.2, 0.25) is 0 Å². The second-order valence-electron chi connectivity index (χ2n) is 9.70. The van der Waals surface area contributed by atoms with Crippen LogP contribution in [0.25, 0.3) is 0 Å². The quantitative estimate of drug-likeness (QED) is 0.522. The van der Waals surface area contributed by atoms with Crippen molar-refractivity contribution >= 4 is 11.8 Å². The number of hydrogen-bond acceptors (Lipinski definition) is 3. The molecule has 0 unspecified atom stereocenters. The Labute approximate surface area is 151 Å². The summed E-state index contributed by atoms with van der Waals surface area (Å²) in [5, 5.41) is 0. The van der Waals surface area contributed by atoms with Crippen molar-refractivity contribution in [3.05, 3.63) is 23.8 Å². The molecule has 3 rings (SSSR count). The van der Waals surface area contributed by atoms with Gasteiger partial charge in [0.15, 0.2) is 5.78 Å². The molecule has 4 atom stereocenters. The third-order valence-electron chi connectivity index (χ3n) is 7.06. The van der Waals surface area contributed by atoms with Gasteiger partial charge in [-0.25, -0.2) is 0 Å². The summed E-state index contributed by atoms with van der Waals surface area (Å²) < 4.78 is 5.84. The zero-order valence-corrected chi connectivity index (χ0v) is 16.4. The minimum atomic E-state index is -0.216. The average Bonchev–Trinajstić information content (AvgIpc) is 2.43. The number of fused-ring (bicyclic) bond motifs is 2. The zero-order chi connectivity index (χ0) is 18.6. The maximum absolute atomic E-state index is 13.2. The molecular formula is C22H32O3. The summed E-state index contributed by atoms with van der Waals surface area (Å²) in [6.45, 7) is 14.4. The molecule has 0 aromatic carbocycles. The van der Waals surface area contributed by atoms with E-state index in [0.717, 1.165) is 31.3 Å². The van der Waals surface area contributed by atoms with Crippen LogP contribution < -0.4 is 0 Å². The molecule has 0 heterocycles. The third kappa shape index (κ3) is 2.90.